The number of aliphatic carboxylic acids is 1. The van der Waals surface area contributed by atoms with E-state index in [1.54, 1.807) is 13.8 Å². The predicted molar refractivity (Wildman–Crippen MR) is 42.6 cm³/mol. The molecule has 0 amide bonds. The molecule has 1 N–H and O–H groups in total. The van der Waals surface area contributed by atoms with Crippen molar-refractivity contribution in [1.82, 2.24) is 0 Å². The molecule has 0 heterocycles. The first kappa shape index (κ1) is 13.2. The summed E-state index contributed by atoms with van der Waals surface area (Å²) in [6.45, 7) is 2.68. The van der Waals surface area contributed by atoms with Gasteiger partial charge >= 0.3 is 12.3 Å². The van der Waals surface area contributed by atoms with E-state index in [2.05, 4.69) is 4.74 Å². The second kappa shape index (κ2) is 5.19. The van der Waals surface area contributed by atoms with Crippen LogP contribution < -0.4 is 0 Å². The van der Waals surface area contributed by atoms with Gasteiger partial charge in [-0.05, 0) is 12.3 Å². The first-order chi connectivity index (χ1) is 6.24. The molecule has 1 atom stereocenters. The third-order valence-electron chi connectivity index (χ3n) is 1.82. The summed E-state index contributed by atoms with van der Waals surface area (Å²) in [5, 5.41) is 8.64. The van der Waals surface area contributed by atoms with E-state index in [1.807, 2.05) is 0 Å². The summed E-state index contributed by atoms with van der Waals surface area (Å²) in [4.78, 5) is 10.6. The number of halogens is 3. The predicted octanol–water partition coefficient (Wildman–Crippen LogP) is 2.27. The van der Waals surface area contributed by atoms with E-state index in [0.717, 1.165) is 0 Å². The van der Waals surface area contributed by atoms with Crippen molar-refractivity contribution in [1.29, 1.82) is 0 Å². The van der Waals surface area contributed by atoms with E-state index in [1.165, 1.54) is 0 Å². The molecule has 0 aliphatic carbocycles. The highest BCUT2D eigenvalue weighted by Crippen LogP contribution is 2.20. The Morgan fingerprint density at radius 2 is 1.93 bits per heavy atom. The molecule has 0 radical (unpaired) electrons. The van der Waals surface area contributed by atoms with E-state index in [-0.39, 0.29) is 12.3 Å². The molecule has 0 aromatic rings. The van der Waals surface area contributed by atoms with Crippen LogP contribution in [0.5, 0.6) is 0 Å². The summed E-state index contributed by atoms with van der Waals surface area (Å²) in [6.07, 6.45) is -4.81. The first-order valence-electron chi connectivity index (χ1n) is 4.17. The Morgan fingerprint density at radius 3 is 2.21 bits per heavy atom. The van der Waals surface area contributed by atoms with Gasteiger partial charge in [0.05, 0.1) is 12.5 Å². The van der Waals surface area contributed by atoms with Gasteiger partial charge in [-0.3, -0.25) is 9.53 Å². The highest BCUT2D eigenvalue weighted by Gasteiger charge is 2.30. The Hall–Kier alpha value is -0.780. The molecule has 0 aliphatic heterocycles. The van der Waals surface area contributed by atoms with Gasteiger partial charge in [-0.25, -0.2) is 0 Å². The van der Waals surface area contributed by atoms with Crippen LogP contribution >= 0.6 is 0 Å². The summed E-state index contributed by atoms with van der Waals surface area (Å²) in [5.41, 5.74) is 0. The third kappa shape index (κ3) is 5.80. The summed E-state index contributed by atoms with van der Waals surface area (Å²) >= 11 is 0. The van der Waals surface area contributed by atoms with Crippen LogP contribution in [0.3, 0.4) is 0 Å². The zero-order valence-corrected chi connectivity index (χ0v) is 7.97. The maximum absolute atomic E-state index is 11.5. The van der Waals surface area contributed by atoms with Gasteiger partial charge in [0.1, 0.15) is 0 Å². The van der Waals surface area contributed by atoms with Crippen molar-refractivity contribution >= 4 is 5.97 Å². The van der Waals surface area contributed by atoms with E-state index in [4.69, 9.17) is 5.11 Å². The molecule has 0 rings (SSSR count). The number of carboxylic acid groups (broad SMARTS) is 1. The molecule has 0 saturated carbocycles. The fourth-order valence-electron chi connectivity index (χ4n) is 1.04. The molecule has 14 heavy (non-hydrogen) atoms. The first-order valence-corrected chi connectivity index (χ1v) is 4.17. The van der Waals surface area contributed by atoms with E-state index < -0.39 is 24.9 Å². The molecule has 0 aromatic heterocycles. The van der Waals surface area contributed by atoms with Crippen molar-refractivity contribution in [2.24, 2.45) is 11.8 Å². The van der Waals surface area contributed by atoms with Crippen LogP contribution in [-0.2, 0) is 9.53 Å². The van der Waals surface area contributed by atoms with Gasteiger partial charge in [0, 0.05) is 0 Å². The number of hydrogen-bond donors (Lipinski definition) is 1. The molecule has 0 saturated heterocycles. The monoisotopic (exact) mass is 214 g/mol. The van der Waals surface area contributed by atoms with Crippen molar-refractivity contribution in [3.63, 3.8) is 0 Å². The Kier molecular flexibility index (Phi) is 4.90. The van der Waals surface area contributed by atoms with Gasteiger partial charge in [-0.15, -0.1) is 13.2 Å². The molecule has 0 aromatic carbocycles. The van der Waals surface area contributed by atoms with Crippen molar-refractivity contribution in [2.45, 2.75) is 26.6 Å². The summed E-state index contributed by atoms with van der Waals surface area (Å²) in [7, 11) is 0. The molecule has 3 nitrogen and oxygen atoms in total. The quantitative estimate of drug-likeness (QED) is 0.763. The minimum absolute atomic E-state index is 0.132. The van der Waals surface area contributed by atoms with Gasteiger partial charge in [-0.1, -0.05) is 13.8 Å². The number of carbonyl (C=O) groups is 1. The molecular weight excluding hydrogens is 201 g/mol. The fourth-order valence-corrected chi connectivity index (χ4v) is 1.04. The second-order valence-corrected chi connectivity index (χ2v) is 3.27. The van der Waals surface area contributed by atoms with Crippen molar-refractivity contribution < 1.29 is 27.8 Å². The average Bonchev–Trinajstić information content (AvgIpc) is 1.94. The normalized spacial score (nSPS) is 14.4. The summed E-state index contributed by atoms with van der Waals surface area (Å²) in [5.74, 6) is -2.09. The lowest BCUT2D eigenvalue weighted by Gasteiger charge is -2.16. The van der Waals surface area contributed by atoms with Crippen LogP contribution in [-0.4, -0.2) is 24.0 Å². The maximum Gasteiger partial charge on any atom is 0.522 e. The molecule has 0 bridgehead atoms. The van der Waals surface area contributed by atoms with Crippen LogP contribution in [0.25, 0.3) is 0 Å². The number of rotatable bonds is 5. The summed E-state index contributed by atoms with van der Waals surface area (Å²) < 4.78 is 38.1. The third-order valence-corrected chi connectivity index (χ3v) is 1.82. The minimum atomic E-state index is -4.68. The lowest BCUT2D eigenvalue weighted by molar-refractivity contribution is -0.325. The molecule has 84 valence electrons. The van der Waals surface area contributed by atoms with Crippen molar-refractivity contribution in [3.05, 3.63) is 0 Å². The second-order valence-electron chi connectivity index (χ2n) is 3.27. The van der Waals surface area contributed by atoms with Crippen molar-refractivity contribution in [3.8, 4) is 0 Å². The molecule has 1 unspecified atom stereocenters. The van der Waals surface area contributed by atoms with Crippen molar-refractivity contribution in [2.75, 3.05) is 6.61 Å². The van der Waals surface area contributed by atoms with Crippen LogP contribution in [0.2, 0.25) is 0 Å². The SMILES string of the molecule is CC(C)C(CCOC(F)(F)F)C(=O)O. The lowest BCUT2D eigenvalue weighted by atomic mass is 9.93. The number of alkyl halides is 3. The average molecular weight is 214 g/mol. The van der Waals surface area contributed by atoms with Crippen LogP contribution in [0.15, 0.2) is 0 Å². The fraction of sp³-hybridized carbons (Fsp3) is 0.875. The Bertz CT molecular complexity index is 189. The topological polar surface area (TPSA) is 46.5 Å². The zero-order chi connectivity index (χ0) is 11.4. The smallest absolute Gasteiger partial charge is 0.481 e. The van der Waals surface area contributed by atoms with E-state index in [0.29, 0.717) is 0 Å². The minimum Gasteiger partial charge on any atom is -0.481 e. The largest absolute Gasteiger partial charge is 0.522 e. The Labute approximate surface area is 79.9 Å². The molecule has 6 heteroatoms. The number of carboxylic acids is 1. The lowest BCUT2D eigenvalue weighted by Crippen LogP contribution is -2.23. The van der Waals surface area contributed by atoms with Gasteiger partial charge in [0.25, 0.3) is 0 Å². The van der Waals surface area contributed by atoms with Crippen LogP contribution in [0.1, 0.15) is 20.3 Å². The van der Waals surface area contributed by atoms with E-state index in [9.17, 15) is 18.0 Å². The Balaban J connectivity index is 3.90. The van der Waals surface area contributed by atoms with Gasteiger partial charge < -0.3 is 5.11 Å². The standard InChI is InChI=1S/C8H13F3O3/c1-5(2)6(7(12)13)3-4-14-8(9,10)11/h5-6H,3-4H2,1-2H3,(H,12,13). The maximum atomic E-state index is 11.5. The molecule has 0 spiro atoms. The Morgan fingerprint density at radius 1 is 1.43 bits per heavy atom. The van der Waals surface area contributed by atoms with Crippen LogP contribution in [0.4, 0.5) is 13.2 Å². The van der Waals surface area contributed by atoms with Crippen LogP contribution in [0, 0.1) is 11.8 Å². The van der Waals surface area contributed by atoms with Gasteiger partial charge in [0.2, 0.25) is 0 Å². The number of ether oxygens (including phenoxy) is 1. The van der Waals surface area contributed by atoms with Gasteiger partial charge in [0.15, 0.2) is 0 Å². The highest BCUT2D eigenvalue weighted by molar-refractivity contribution is 5.70. The highest BCUT2D eigenvalue weighted by atomic mass is 19.4. The van der Waals surface area contributed by atoms with Gasteiger partial charge in [-0.2, -0.15) is 0 Å². The number of hydrogen-bond acceptors (Lipinski definition) is 2. The molecular formula is C8H13F3O3. The zero-order valence-electron chi connectivity index (χ0n) is 7.97. The molecule has 0 aliphatic rings. The molecule has 0 fully saturated rings. The summed E-state index contributed by atoms with van der Waals surface area (Å²) in [6, 6.07) is 0. The van der Waals surface area contributed by atoms with E-state index >= 15 is 0 Å².